The molecule has 1 atom stereocenters. The number of halogens is 2. The molecule has 0 aliphatic rings. The van der Waals surface area contributed by atoms with Crippen LogP contribution in [0.3, 0.4) is 0 Å². The predicted octanol–water partition coefficient (Wildman–Crippen LogP) is 2.75. The molecule has 0 saturated carbocycles. The first-order valence-electron chi connectivity index (χ1n) is 11.0. The summed E-state index contributed by atoms with van der Waals surface area (Å²) in [5, 5.41) is 53.3. The van der Waals surface area contributed by atoms with Gasteiger partial charge in [-0.1, -0.05) is 11.3 Å². The van der Waals surface area contributed by atoms with Crippen LogP contribution >= 0.6 is 11.8 Å². The maximum Gasteiger partial charge on any atom is 0.283 e. The fourth-order valence-electron chi connectivity index (χ4n) is 3.73. The number of aromatic nitrogens is 8. The van der Waals surface area contributed by atoms with Crippen LogP contribution in [0.2, 0.25) is 0 Å². The van der Waals surface area contributed by atoms with E-state index in [9.17, 15) is 34.1 Å². The number of nitrogens with zero attached hydrogens (tertiary/aromatic N) is 10. The van der Waals surface area contributed by atoms with E-state index in [2.05, 4.69) is 30.6 Å². The van der Waals surface area contributed by atoms with Gasteiger partial charge in [0.05, 0.1) is 40.8 Å². The van der Waals surface area contributed by atoms with Crippen LogP contribution in [0, 0.1) is 31.9 Å². The molecule has 0 aliphatic carbocycles. The Balaban J connectivity index is 1.37. The van der Waals surface area contributed by atoms with Gasteiger partial charge in [0.25, 0.3) is 16.6 Å². The second kappa shape index (κ2) is 10.5. The summed E-state index contributed by atoms with van der Waals surface area (Å²) in [5.74, 6) is -2.00. The zero-order valence-corrected chi connectivity index (χ0v) is 20.6. The van der Waals surface area contributed by atoms with Crippen LogP contribution in [0.15, 0.2) is 69.9 Å². The molecule has 3 heterocycles. The Labute approximate surface area is 224 Å². The second-order valence-electron chi connectivity index (χ2n) is 8.23. The number of aliphatic hydroxyl groups is 1. The summed E-state index contributed by atoms with van der Waals surface area (Å²) in [6.45, 7) is -0.574. The molecule has 5 aromatic rings. The lowest BCUT2D eigenvalue weighted by atomic mass is 9.93. The summed E-state index contributed by atoms with van der Waals surface area (Å²) in [6.07, 6.45) is 3.94. The smallest absolute Gasteiger partial charge is 0.283 e. The number of non-ortho nitro benzene ring substituents is 2. The molecule has 1 unspecified atom stereocenters. The summed E-state index contributed by atoms with van der Waals surface area (Å²) in [6, 6.07) is 5.68. The van der Waals surface area contributed by atoms with Gasteiger partial charge in [-0.2, -0.15) is 5.10 Å². The molecule has 0 saturated heterocycles. The Bertz CT molecular complexity index is 1680. The molecule has 0 radical (unpaired) electrons. The van der Waals surface area contributed by atoms with Crippen molar-refractivity contribution in [3.63, 3.8) is 0 Å². The Hall–Kier alpha value is -5.17. The minimum absolute atomic E-state index is 0.0385. The molecule has 0 spiro atoms. The van der Waals surface area contributed by atoms with Crippen molar-refractivity contribution in [1.29, 1.82) is 0 Å². The van der Waals surface area contributed by atoms with Crippen LogP contribution in [0.1, 0.15) is 5.56 Å². The highest BCUT2D eigenvalue weighted by Gasteiger charge is 2.35. The Kier molecular flexibility index (Phi) is 6.96. The minimum atomic E-state index is -1.95. The van der Waals surface area contributed by atoms with E-state index in [1.54, 1.807) is 0 Å². The number of rotatable bonds is 10. The third-order valence-corrected chi connectivity index (χ3v) is 6.17. The van der Waals surface area contributed by atoms with Gasteiger partial charge in [-0.15, -0.1) is 15.3 Å². The number of benzene rings is 2. The third kappa shape index (κ3) is 5.63. The van der Waals surface area contributed by atoms with Gasteiger partial charge in [0, 0.05) is 23.8 Å². The maximum atomic E-state index is 14.7. The van der Waals surface area contributed by atoms with Crippen molar-refractivity contribution in [2.24, 2.45) is 0 Å². The Morgan fingerprint density at radius 3 is 2.38 bits per heavy atom. The van der Waals surface area contributed by atoms with Crippen molar-refractivity contribution < 1.29 is 28.2 Å². The van der Waals surface area contributed by atoms with Gasteiger partial charge in [0.2, 0.25) is 5.89 Å². The van der Waals surface area contributed by atoms with Crippen LogP contribution in [-0.4, -0.2) is 54.9 Å². The molecule has 0 amide bonds. The van der Waals surface area contributed by atoms with Gasteiger partial charge in [0.15, 0.2) is 0 Å². The summed E-state index contributed by atoms with van der Waals surface area (Å²) >= 11 is 0.842. The van der Waals surface area contributed by atoms with Gasteiger partial charge < -0.3 is 9.52 Å². The molecule has 0 bridgehead atoms. The minimum Gasteiger partial charge on any atom is -0.411 e. The van der Waals surface area contributed by atoms with Gasteiger partial charge in [-0.05, 0) is 17.8 Å². The molecule has 3 aromatic heterocycles. The van der Waals surface area contributed by atoms with Crippen LogP contribution in [-0.2, 0) is 18.7 Å². The topological polar surface area (TPSA) is 207 Å². The first-order chi connectivity index (χ1) is 19.1. The van der Waals surface area contributed by atoms with E-state index in [4.69, 9.17) is 4.42 Å². The van der Waals surface area contributed by atoms with Gasteiger partial charge in [-0.25, -0.2) is 23.1 Å². The van der Waals surface area contributed by atoms with E-state index in [0.717, 1.165) is 42.1 Å². The molecule has 16 nitrogen and oxygen atoms in total. The molecule has 2 aromatic carbocycles. The van der Waals surface area contributed by atoms with Crippen LogP contribution in [0.25, 0.3) is 11.5 Å². The van der Waals surface area contributed by atoms with E-state index in [1.807, 2.05) is 0 Å². The van der Waals surface area contributed by atoms with Crippen molar-refractivity contribution in [1.82, 2.24) is 40.0 Å². The summed E-state index contributed by atoms with van der Waals surface area (Å²) in [5.41, 5.74) is -3.26. The Morgan fingerprint density at radius 2 is 1.73 bits per heavy atom. The van der Waals surface area contributed by atoms with Crippen molar-refractivity contribution in [2.45, 2.75) is 28.9 Å². The van der Waals surface area contributed by atoms with E-state index in [0.29, 0.717) is 6.07 Å². The number of hydrogen-bond acceptors (Lipinski definition) is 13. The van der Waals surface area contributed by atoms with Crippen molar-refractivity contribution in [2.75, 3.05) is 0 Å². The Morgan fingerprint density at radius 1 is 1.00 bits per heavy atom. The lowest BCUT2D eigenvalue weighted by molar-refractivity contribution is -0.394. The van der Waals surface area contributed by atoms with Crippen molar-refractivity contribution in [3.05, 3.63) is 92.7 Å². The number of hydrogen-bond donors (Lipinski definition) is 1. The fraction of sp³-hybridized carbons (Fsp3) is 0.143. The average Bonchev–Trinajstić information content (AvgIpc) is 3.67. The molecular weight excluding hydrogens is 558 g/mol. The highest BCUT2D eigenvalue weighted by atomic mass is 32.2. The summed E-state index contributed by atoms with van der Waals surface area (Å²) in [7, 11) is 0. The first-order valence-corrected chi connectivity index (χ1v) is 11.8. The highest BCUT2D eigenvalue weighted by molar-refractivity contribution is 7.99. The zero-order valence-electron chi connectivity index (χ0n) is 19.7. The molecule has 204 valence electrons. The lowest BCUT2D eigenvalue weighted by Crippen LogP contribution is -2.37. The third-order valence-electron chi connectivity index (χ3n) is 5.43. The van der Waals surface area contributed by atoms with E-state index in [-0.39, 0.29) is 40.4 Å². The van der Waals surface area contributed by atoms with E-state index < -0.39 is 38.5 Å². The summed E-state index contributed by atoms with van der Waals surface area (Å²) < 4.78 is 36.1. The number of nitro groups is 2. The molecule has 0 fully saturated rings. The maximum absolute atomic E-state index is 14.7. The molecule has 19 heteroatoms. The normalized spacial score (nSPS) is 12.8. The highest BCUT2D eigenvalue weighted by Crippen LogP contribution is 2.33. The molecule has 40 heavy (non-hydrogen) atoms. The molecular formula is C21H14F2N10O6S. The predicted molar refractivity (Wildman–Crippen MR) is 127 cm³/mol. The van der Waals surface area contributed by atoms with Crippen LogP contribution < -0.4 is 0 Å². The van der Waals surface area contributed by atoms with Gasteiger partial charge in [-0.3, -0.25) is 20.2 Å². The average molecular weight is 572 g/mol. The van der Waals surface area contributed by atoms with Crippen molar-refractivity contribution in [3.8, 4) is 11.5 Å². The largest absolute Gasteiger partial charge is 0.411 e. The van der Waals surface area contributed by atoms with Gasteiger partial charge >= 0.3 is 0 Å². The second-order valence-corrected chi connectivity index (χ2v) is 9.20. The zero-order chi connectivity index (χ0) is 28.4. The molecule has 1 N–H and O–H groups in total. The number of nitro benzene ring substituents is 2. The van der Waals surface area contributed by atoms with Crippen LogP contribution in [0.4, 0.5) is 20.2 Å². The lowest BCUT2D eigenvalue weighted by Gasteiger charge is -2.28. The van der Waals surface area contributed by atoms with Crippen LogP contribution in [0.5, 0.6) is 0 Å². The first kappa shape index (κ1) is 26.4. The fourth-order valence-corrected chi connectivity index (χ4v) is 4.36. The standard InChI is InChI=1S/C21H14F2N10O6S/c22-13-1-2-16(17(23)5-13)21(34,9-31-11-24-10-25-31)8-30-7-18(26-29-30)40-20-28-27-19(39-20)12-3-14(32(35)36)6-15(4-12)33(37)38/h1-7,10-11,34H,8-9H2. The quantitative estimate of drug-likeness (QED) is 0.189. The van der Waals surface area contributed by atoms with Gasteiger partial charge in [0.1, 0.15) is 34.9 Å². The van der Waals surface area contributed by atoms with E-state index >= 15 is 0 Å². The van der Waals surface area contributed by atoms with Crippen molar-refractivity contribution >= 4 is 23.1 Å². The SMILES string of the molecule is O=[N+]([O-])c1cc(-c2nnc(Sc3cn(CC(O)(Cn4cncn4)c4ccc(F)cc4F)nn3)o2)cc([N+](=O)[O-])c1. The summed E-state index contributed by atoms with van der Waals surface area (Å²) in [4.78, 5) is 24.5. The molecule has 5 rings (SSSR count). The monoisotopic (exact) mass is 572 g/mol. The molecule has 0 aliphatic heterocycles. The van der Waals surface area contributed by atoms with E-state index in [1.165, 1.54) is 28.2 Å².